The third kappa shape index (κ3) is 7.94. The summed E-state index contributed by atoms with van der Waals surface area (Å²) >= 11 is 0. The Hall–Kier alpha value is -4.24. The normalized spacial score (nSPS) is 11.9. The van der Waals surface area contributed by atoms with E-state index >= 15 is 0 Å². The Morgan fingerprint density at radius 1 is 0.357 bits per heavy atom. The molecule has 0 atom stereocenters. The lowest BCUT2D eigenvalue weighted by molar-refractivity contribution is 0.567. The lowest BCUT2D eigenvalue weighted by Gasteiger charge is -2.25. The van der Waals surface area contributed by atoms with E-state index in [1.54, 1.807) is 12.1 Å². The van der Waals surface area contributed by atoms with Crippen molar-refractivity contribution in [1.29, 1.82) is 10.5 Å². The average molecular weight is 553 g/mol. The van der Waals surface area contributed by atoms with E-state index in [0.717, 1.165) is 11.1 Å². The van der Waals surface area contributed by atoms with E-state index in [9.17, 15) is 10.5 Å². The van der Waals surface area contributed by atoms with Gasteiger partial charge in [0.2, 0.25) is 0 Å². The van der Waals surface area contributed by atoms with Crippen molar-refractivity contribution >= 4 is 0 Å². The summed E-state index contributed by atoms with van der Waals surface area (Å²) in [7, 11) is 0. The third-order valence-corrected chi connectivity index (χ3v) is 7.41. The van der Waals surface area contributed by atoms with Crippen LogP contribution in [0.1, 0.15) is 139 Å². The number of rotatable bonds is 0. The molecule has 0 aliphatic rings. The number of benzene rings is 3. The summed E-state index contributed by atoms with van der Waals surface area (Å²) in [6.07, 6.45) is 0. The summed E-state index contributed by atoms with van der Waals surface area (Å²) in [4.78, 5) is 0. The summed E-state index contributed by atoms with van der Waals surface area (Å²) in [5.74, 6) is 13.3. The van der Waals surface area contributed by atoms with Crippen LogP contribution in [0.25, 0.3) is 0 Å². The SMILES string of the molecule is CC(C)(C)c1cc(C#Cc2cc(C#N)c(C#N)cc2C#Cc2cc(C(C)(C)C)cc(C(C)(C)C)c2)cc(C(C)(C)C)c1. The molecule has 0 saturated carbocycles. The van der Waals surface area contributed by atoms with Crippen molar-refractivity contribution in [3.05, 3.63) is 104 Å². The predicted octanol–water partition coefficient (Wildman–Crippen LogP) is 9.42. The highest BCUT2D eigenvalue weighted by Crippen LogP contribution is 2.31. The highest BCUT2D eigenvalue weighted by molar-refractivity contribution is 5.62. The molecule has 0 aliphatic carbocycles. The Morgan fingerprint density at radius 3 is 0.833 bits per heavy atom. The van der Waals surface area contributed by atoms with Gasteiger partial charge < -0.3 is 0 Å². The largest absolute Gasteiger partial charge is 0.192 e. The van der Waals surface area contributed by atoms with E-state index in [2.05, 4.69) is 155 Å². The summed E-state index contributed by atoms with van der Waals surface area (Å²) in [6.45, 7) is 26.5. The molecule has 0 N–H and O–H groups in total. The molecule has 3 rings (SSSR count). The van der Waals surface area contributed by atoms with Crippen LogP contribution in [-0.2, 0) is 21.7 Å². The summed E-state index contributed by atoms with van der Waals surface area (Å²) in [5, 5.41) is 19.5. The van der Waals surface area contributed by atoms with Crippen LogP contribution in [0.2, 0.25) is 0 Å². The predicted molar refractivity (Wildman–Crippen MR) is 176 cm³/mol. The van der Waals surface area contributed by atoms with Gasteiger partial charge in [0.05, 0.1) is 11.1 Å². The zero-order valence-corrected chi connectivity index (χ0v) is 27.5. The monoisotopic (exact) mass is 552 g/mol. The lowest BCUT2D eigenvalue weighted by atomic mass is 9.79. The van der Waals surface area contributed by atoms with E-state index in [1.807, 2.05) is 0 Å². The van der Waals surface area contributed by atoms with Gasteiger partial charge in [-0.05, 0) is 80.3 Å². The van der Waals surface area contributed by atoms with Crippen LogP contribution in [0.3, 0.4) is 0 Å². The van der Waals surface area contributed by atoms with Crippen molar-refractivity contribution in [2.45, 2.75) is 105 Å². The zero-order chi connectivity index (χ0) is 31.7. The minimum atomic E-state index is -0.0236. The lowest BCUT2D eigenvalue weighted by Crippen LogP contribution is -2.16. The van der Waals surface area contributed by atoms with Gasteiger partial charge in [-0.2, -0.15) is 10.5 Å². The Morgan fingerprint density at radius 2 is 0.619 bits per heavy atom. The van der Waals surface area contributed by atoms with E-state index in [1.165, 1.54) is 22.3 Å². The first-order chi connectivity index (χ1) is 19.2. The maximum absolute atomic E-state index is 9.74. The van der Waals surface area contributed by atoms with Gasteiger partial charge in [-0.3, -0.25) is 0 Å². The quantitative estimate of drug-likeness (QED) is 0.261. The molecular weight excluding hydrogens is 508 g/mol. The van der Waals surface area contributed by atoms with E-state index in [0.29, 0.717) is 22.3 Å². The molecule has 2 heteroatoms. The molecule has 0 radical (unpaired) electrons. The van der Waals surface area contributed by atoms with Crippen molar-refractivity contribution < 1.29 is 0 Å². The van der Waals surface area contributed by atoms with Gasteiger partial charge in [-0.15, -0.1) is 0 Å². The maximum Gasteiger partial charge on any atom is 0.101 e. The van der Waals surface area contributed by atoms with Crippen molar-refractivity contribution in [3.8, 4) is 35.8 Å². The fraction of sp³-hybridized carbons (Fsp3) is 0.400. The molecule has 0 aromatic heterocycles. The maximum atomic E-state index is 9.74. The van der Waals surface area contributed by atoms with Crippen LogP contribution in [0.5, 0.6) is 0 Å². The highest BCUT2D eigenvalue weighted by Gasteiger charge is 2.21. The molecule has 3 aromatic carbocycles. The molecular formula is C40H44N2. The fourth-order valence-electron chi connectivity index (χ4n) is 4.40. The second-order valence-corrected chi connectivity index (χ2v) is 15.3. The molecule has 0 fully saturated rings. The Balaban J connectivity index is 2.25. The second-order valence-electron chi connectivity index (χ2n) is 15.3. The molecule has 214 valence electrons. The number of nitriles is 2. The van der Waals surface area contributed by atoms with Gasteiger partial charge in [0.15, 0.2) is 0 Å². The van der Waals surface area contributed by atoms with Crippen LogP contribution in [-0.4, -0.2) is 0 Å². The van der Waals surface area contributed by atoms with Crippen LogP contribution < -0.4 is 0 Å². The molecule has 2 nitrogen and oxygen atoms in total. The minimum Gasteiger partial charge on any atom is -0.192 e. The van der Waals surface area contributed by atoms with Crippen molar-refractivity contribution in [2.24, 2.45) is 0 Å². The van der Waals surface area contributed by atoms with Gasteiger partial charge in [-0.1, -0.05) is 119 Å². The van der Waals surface area contributed by atoms with Gasteiger partial charge >= 0.3 is 0 Å². The van der Waals surface area contributed by atoms with Crippen molar-refractivity contribution in [2.75, 3.05) is 0 Å². The molecule has 0 amide bonds. The van der Waals surface area contributed by atoms with Crippen LogP contribution in [0, 0.1) is 46.3 Å². The van der Waals surface area contributed by atoms with E-state index < -0.39 is 0 Å². The zero-order valence-electron chi connectivity index (χ0n) is 27.5. The van der Waals surface area contributed by atoms with Gasteiger partial charge in [0.1, 0.15) is 12.1 Å². The first-order valence-corrected chi connectivity index (χ1v) is 14.6. The van der Waals surface area contributed by atoms with Crippen molar-refractivity contribution in [3.63, 3.8) is 0 Å². The smallest absolute Gasteiger partial charge is 0.101 e. The molecule has 0 heterocycles. The van der Waals surface area contributed by atoms with E-state index in [4.69, 9.17) is 0 Å². The Labute approximate surface area is 254 Å². The summed E-state index contributed by atoms with van der Waals surface area (Å²) in [5.41, 5.74) is 8.53. The number of hydrogen-bond donors (Lipinski definition) is 0. The number of hydrogen-bond acceptors (Lipinski definition) is 2. The van der Waals surface area contributed by atoms with Crippen molar-refractivity contribution in [1.82, 2.24) is 0 Å². The molecule has 0 bridgehead atoms. The molecule has 0 saturated heterocycles. The minimum absolute atomic E-state index is 0.0236. The highest BCUT2D eigenvalue weighted by atomic mass is 14.3. The van der Waals surface area contributed by atoms with Gasteiger partial charge in [0.25, 0.3) is 0 Å². The van der Waals surface area contributed by atoms with Gasteiger partial charge in [-0.25, -0.2) is 0 Å². The molecule has 42 heavy (non-hydrogen) atoms. The van der Waals surface area contributed by atoms with Gasteiger partial charge in [0, 0.05) is 22.3 Å². The topological polar surface area (TPSA) is 47.6 Å². The summed E-state index contributed by atoms with van der Waals surface area (Å²) in [6, 6.07) is 20.8. The summed E-state index contributed by atoms with van der Waals surface area (Å²) < 4.78 is 0. The van der Waals surface area contributed by atoms with Crippen LogP contribution in [0.4, 0.5) is 0 Å². The third-order valence-electron chi connectivity index (χ3n) is 7.41. The van der Waals surface area contributed by atoms with Crippen LogP contribution in [0.15, 0.2) is 48.5 Å². The fourth-order valence-corrected chi connectivity index (χ4v) is 4.40. The standard InChI is InChI=1S/C40H44N2/c1-37(2,3)33-17-27(18-34(23-33)38(4,5)6)13-15-29-21-31(25-41)32(26-42)22-30(29)16-14-28-19-35(39(7,8)9)24-36(20-28)40(10,11)12/h17-24H,1-12H3. The molecule has 3 aromatic rings. The first kappa shape index (κ1) is 32.3. The van der Waals surface area contributed by atoms with E-state index in [-0.39, 0.29) is 21.7 Å². The first-order valence-electron chi connectivity index (χ1n) is 14.6. The molecule has 0 aliphatic heterocycles. The van der Waals surface area contributed by atoms with Crippen LogP contribution >= 0.6 is 0 Å². The Kier molecular flexibility index (Phi) is 8.89. The average Bonchev–Trinajstić information content (AvgIpc) is 2.88. The number of nitrogens with zero attached hydrogens (tertiary/aromatic N) is 2. The second kappa shape index (κ2) is 11.6. The molecule has 0 unspecified atom stereocenters. The molecule has 0 spiro atoms. The Bertz CT molecular complexity index is 1520.